The van der Waals surface area contributed by atoms with Crippen molar-refractivity contribution in [2.45, 2.75) is 13.3 Å². The molecule has 2 heterocycles. The first kappa shape index (κ1) is 20.5. The lowest BCUT2D eigenvalue weighted by molar-refractivity contribution is -0.116. The van der Waals surface area contributed by atoms with Gasteiger partial charge in [0.05, 0.1) is 12.1 Å². The summed E-state index contributed by atoms with van der Waals surface area (Å²) >= 11 is 6.14. The number of carbonyl (C=O) groups excluding carboxylic acids is 2. The Morgan fingerprint density at radius 3 is 2.61 bits per heavy atom. The summed E-state index contributed by atoms with van der Waals surface area (Å²) in [7, 11) is 1.73. The van der Waals surface area contributed by atoms with Gasteiger partial charge in [-0.2, -0.15) is 15.0 Å². The van der Waals surface area contributed by atoms with Gasteiger partial charge in [-0.25, -0.2) is 4.98 Å². The summed E-state index contributed by atoms with van der Waals surface area (Å²) in [6, 6.07) is 15.9. The fourth-order valence-corrected chi connectivity index (χ4v) is 3.47. The number of carbonyl (C=O) groups is 2. The predicted octanol–water partition coefficient (Wildman–Crippen LogP) is 3.88. The predicted molar refractivity (Wildman–Crippen MR) is 119 cm³/mol. The number of aryl methyl sites for hydroxylation is 1. The molecule has 0 aliphatic rings. The Bertz CT molecular complexity index is 1290. The summed E-state index contributed by atoms with van der Waals surface area (Å²) in [5, 5.41) is 11.9. The van der Waals surface area contributed by atoms with Gasteiger partial charge in [0.15, 0.2) is 0 Å². The van der Waals surface area contributed by atoms with Crippen LogP contribution in [0.15, 0.2) is 60.8 Å². The van der Waals surface area contributed by atoms with Crippen molar-refractivity contribution < 1.29 is 9.59 Å². The Hall–Kier alpha value is -3.78. The van der Waals surface area contributed by atoms with E-state index < -0.39 is 0 Å². The van der Waals surface area contributed by atoms with Crippen LogP contribution in [0.1, 0.15) is 12.5 Å². The maximum Gasteiger partial charge on any atom is 0.229 e. The van der Waals surface area contributed by atoms with Gasteiger partial charge in [-0.1, -0.05) is 29.8 Å². The van der Waals surface area contributed by atoms with E-state index in [-0.39, 0.29) is 18.2 Å². The van der Waals surface area contributed by atoms with E-state index >= 15 is 0 Å². The van der Waals surface area contributed by atoms with Gasteiger partial charge < -0.3 is 5.32 Å². The number of nitrogens with one attached hydrogen (secondary N) is 1. The van der Waals surface area contributed by atoms with E-state index in [0.717, 1.165) is 11.1 Å². The standard InChI is InChI=1S/C22H19ClN6O2/c1-14(30)29(17-7-8-19-20(13-17)27-28(2)26-19)21-12-16(9-10-24-21)25-22(31)11-15-5-3-4-6-18(15)23/h3-10,12-13H,11H2,1-2H3,(H,24,25,31). The first-order valence-electron chi connectivity index (χ1n) is 9.52. The number of anilines is 3. The molecule has 9 heteroatoms. The van der Waals surface area contributed by atoms with Crippen LogP contribution in [0.25, 0.3) is 11.0 Å². The molecule has 4 rings (SSSR count). The number of aromatic nitrogens is 4. The number of fused-ring (bicyclic) bond motifs is 1. The number of halogens is 1. The van der Waals surface area contributed by atoms with Crippen molar-refractivity contribution in [2.24, 2.45) is 7.05 Å². The summed E-state index contributed by atoms with van der Waals surface area (Å²) in [4.78, 5) is 32.2. The number of benzene rings is 2. The van der Waals surface area contributed by atoms with Crippen LogP contribution in [0.5, 0.6) is 0 Å². The Morgan fingerprint density at radius 2 is 1.84 bits per heavy atom. The number of pyridine rings is 1. The van der Waals surface area contributed by atoms with E-state index in [9.17, 15) is 9.59 Å². The van der Waals surface area contributed by atoms with Crippen molar-refractivity contribution in [3.63, 3.8) is 0 Å². The van der Waals surface area contributed by atoms with Crippen molar-refractivity contribution in [2.75, 3.05) is 10.2 Å². The second kappa shape index (κ2) is 8.53. The normalized spacial score (nSPS) is 10.8. The molecule has 0 fully saturated rings. The molecule has 0 bridgehead atoms. The van der Waals surface area contributed by atoms with Crippen LogP contribution in [-0.4, -0.2) is 31.8 Å². The van der Waals surface area contributed by atoms with Crippen LogP contribution < -0.4 is 10.2 Å². The maximum absolute atomic E-state index is 12.5. The minimum absolute atomic E-state index is 0.136. The van der Waals surface area contributed by atoms with E-state index in [1.165, 1.54) is 22.8 Å². The lowest BCUT2D eigenvalue weighted by atomic mass is 10.1. The minimum atomic E-state index is -0.227. The third-order valence-corrected chi connectivity index (χ3v) is 4.97. The highest BCUT2D eigenvalue weighted by molar-refractivity contribution is 6.31. The number of rotatable bonds is 5. The van der Waals surface area contributed by atoms with Gasteiger partial charge in [0.25, 0.3) is 0 Å². The molecule has 0 saturated carbocycles. The molecular formula is C22H19ClN6O2. The lowest BCUT2D eigenvalue weighted by Gasteiger charge is -2.20. The monoisotopic (exact) mass is 434 g/mol. The molecular weight excluding hydrogens is 416 g/mol. The molecule has 0 aliphatic carbocycles. The summed E-state index contributed by atoms with van der Waals surface area (Å²) < 4.78 is 0. The topological polar surface area (TPSA) is 93.0 Å². The molecule has 0 aliphatic heterocycles. The molecule has 4 aromatic rings. The molecule has 0 saturated heterocycles. The average molecular weight is 435 g/mol. The van der Waals surface area contributed by atoms with Crippen molar-refractivity contribution in [3.8, 4) is 0 Å². The molecule has 2 aromatic heterocycles. The van der Waals surface area contributed by atoms with Gasteiger partial charge in [-0.05, 0) is 35.9 Å². The largest absolute Gasteiger partial charge is 0.326 e. The van der Waals surface area contributed by atoms with E-state index in [2.05, 4.69) is 20.5 Å². The van der Waals surface area contributed by atoms with Crippen molar-refractivity contribution in [1.29, 1.82) is 0 Å². The Kier molecular flexibility index (Phi) is 5.64. The number of nitrogens with zero attached hydrogens (tertiary/aromatic N) is 5. The average Bonchev–Trinajstić information content (AvgIpc) is 3.09. The Balaban J connectivity index is 1.59. The minimum Gasteiger partial charge on any atom is -0.326 e. The first-order chi connectivity index (χ1) is 14.9. The third kappa shape index (κ3) is 4.54. The quantitative estimate of drug-likeness (QED) is 0.514. The summed E-state index contributed by atoms with van der Waals surface area (Å²) in [6.07, 6.45) is 1.67. The fourth-order valence-electron chi connectivity index (χ4n) is 3.26. The van der Waals surface area contributed by atoms with Gasteiger partial charge in [-0.15, -0.1) is 0 Å². The molecule has 0 spiro atoms. The molecule has 8 nitrogen and oxygen atoms in total. The number of hydrogen-bond acceptors (Lipinski definition) is 5. The zero-order valence-corrected chi connectivity index (χ0v) is 17.7. The highest BCUT2D eigenvalue weighted by Crippen LogP contribution is 2.28. The van der Waals surface area contributed by atoms with Crippen LogP contribution in [-0.2, 0) is 23.1 Å². The van der Waals surface area contributed by atoms with E-state index in [4.69, 9.17) is 11.6 Å². The van der Waals surface area contributed by atoms with Crippen molar-refractivity contribution in [1.82, 2.24) is 20.0 Å². The van der Waals surface area contributed by atoms with Crippen molar-refractivity contribution >= 4 is 51.6 Å². The van der Waals surface area contributed by atoms with Crippen LogP contribution in [0.4, 0.5) is 17.2 Å². The highest BCUT2D eigenvalue weighted by atomic mass is 35.5. The van der Waals surface area contributed by atoms with Crippen LogP contribution >= 0.6 is 11.6 Å². The van der Waals surface area contributed by atoms with Crippen molar-refractivity contribution in [3.05, 3.63) is 71.4 Å². The third-order valence-electron chi connectivity index (χ3n) is 4.60. The lowest BCUT2D eigenvalue weighted by Crippen LogP contribution is -2.24. The van der Waals surface area contributed by atoms with Gasteiger partial charge in [0, 0.05) is 36.9 Å². The molecule has 156 valence electrons. The molecule has 31 heavy (non-hydrogen) atoms. The molecule has 0 atom stereocenters. The Labute approximate surface area is 183 Å². The zero-order chi connectivity index (χ0) is 22.0. The fraction of sp³-hybridized carbons (Fsp3) is 0.136. The van der Waals surface area contributed by atoms with E-state index in [1.807, 2.05) is 12.1 Å². The second-order valence-corrected chi connectivity index (χ2v) is 7.34. The molecule has 2 amide bonds. The van der Waals surface area contributed by atoms with Gasteiger partial charge in [0.1, 0.15) is 16.9 Å². The van der Waals surface area contributed by atoms with Gasteiger partial charge >= 0.3 is 0 Å². The summed E-state index contributed by atoms with van der Waals surface area (Å²) in [5.74, 6) is -0.0674. The van der Waals surface area contributed by atoms with Gasteiger partial charge in [-0.3, -0.25) is 14.5 Å². The SMILES string of the molecule is CC(=O)N(c1ccc2nn(C)nc2c1)c1cc(NC(=O)Cc2ccccc2Cl)ccn1. The summed E-state index contributed by atoms with van der Waals surface area (Å²) in [6.45, 7) is 1.45. The maximum atomic E-state index is 12.5. The summed E-state index contributed by atoms with van der Waals surface area (Å²) in [5.41, 5.74) is 3.25. The second-order valence-electron chi connectivity index (χ2n) is 6.94. The van der Waals surface area contributed by atoms with Crippen LogP contribution in [0.2, 0.25) is 5.02 Å². The van der Waals surface area contributed by atoms with Gasteiger partial charge in [0.2, 0.25) is 11.8 Å². The van der Waals surface area contributed by atoms with Crippen LogP contribution in [0, 0.1) is 0 Å². The molecule has 2 aromatic carbocycles. The first-order valence-corrected chi connectivity index (χ1v) is 9.89. The smallest absolute Gasteiger partial charge is 0.229 e. The molecule has 0 unspecified atom stereocenters. The highest BCUT2D eigenvalue weighted by Gasteiger charge is 2.18. The number of amides is 2. The number of hydrogen-bond donors (Lipinski definition) is 1. The zero-order valence-electron chi connectivity index (χ0n) is 16.9. The van der Waals surface area contributed by atoms with E-state index in [0.29, 0.717) is 27.7 Å². The van der Waals surface area contributed by atoms with E-state index in [1.54, 1.807) is 49.5 Å². The molecule has 0 radical (unpaired) electrons. The van der Waals surface area contributed by atoms with Crippen LogP contribution in [0.3, 0.4) is 0 Å². The molecule has 1 N–H and O–H groups in total. The Morgan fingerprint density at radius 1 is 1.06 bits per heavy atom.